The lowest BCUT2D eigenvalue weighted by atomic mass is 9.95. The number of benzene rings is 3. The van der Waals surface area contributed by atoms with E-state index in [1.54, 1.807) is 45.9 Å². The van der Waals surface area contributed by atoms with Crippen LogP contribution < -0.4 is 10.6 Å². The van der Waals surface area contributed by atoms with Gasteiger partial charge in [-0.15, -0.1) is 0 Å². The number of phenols is 1. The van der Waals surface area contributed by atoms with Gasteiger partial charge in [0.1, 0.15) is 23.4 Å². The number of aromatic hydroxyl groups is 1. The summed E-state index contributed by atoms with van der Waals surface area (Å²) in [6.45, 7) is 13.0. The summed E-state index contributed by atoms with van der Waals surface area (Å²) in [4.78, 5) is 42.8. The number of anilines is 1. The number of fused-ring (bicyclic) bond motifs is 1. The molecule has 0 aliphatic carbocycles. The zero-order valence-corrected chi connectivity index (χ0v) is 27.1. The van der Waals surface area contributed by atoms with E-state index >= 15 is 0 Å². The van der Waals surface area contributed by atoms with Gasteiger partial charge < -0.3 is 25.4 Å². The minimum Gasteiger partial charge on any atom is -0.507 e. The fraction of sp³-hybridized carbons (Fsp3) is 0.441. The number of ether oxygens (including phenoxy) is 1. The molecule has 3 atom stereocenters. The van der Waals surface area contributed by atoms with E-state index in [-0.39, 0.29) is 11.5 Å². The van der Waals surface area contributed by atoms with Crippen molar-refractivity contribution in [3.63, 3.8) is 0 Å². The Hall–Kier alpha value is -3.72. The minimum atomic E-state index is -1.20. The number of aryl methyl sites for hydroxylation is 1. The van der Waals surface area contributed by atoms with Gasteiger partial charge in [-0.1, -0.05) is 62.4 Å². The SMILES string of the molecule is Cc1cccc(C(C(=O)Nc2ccc3ccccc3c2)N(C(=O)C(CS)NC(=O)OC(C)(C)C)C(C)CCC(C)C)c1O. The molecule has 3 rings (SSSR count). The van der Waals surface area contributed by atoms with Gasteiger partial charge in [-0.2, -0.15) is 12.6 Å². The van der Waals surface area contributed by atoms with Gasteiger partial charge in [0.2, 0.25) is 5.91 Å². The van der Waals surface area contributed by atoms with Crippen LogP contribution in [0.5, 0.6) is 5.75 Å². The number of hydrogen-bond acceptors (Lipinski definition) is 6. The number of nitrogens with one attached hydrogen (secondary N) is 2. The second-order valence-electron chi connectivity index (χ2n) is 12.4. The van der Waals surface area contributed by atoms with Crippen molar-refractivity contribution in [2.45, 2.75) is 85.0 Å². The summed E-state index contributed by atoms with van der Waals surface area (Å²) >= 11 is 4.38. The summed E-state index contributed by atoms with van der Waals surface area (Å²) in [7, 11) is 0. The Balaban J connectivity index is 2.10. The molecule has 9 heteroatoms. The fourth-order valence-corrected chi connectivity index (χ4v) is 5.17. The zero-order chi connectivity index (χ0) is 31.9. The van der Waals surface area contributed by atoms with Crippen molar-refractivity contribution >= 4 is 47.0 Å². The quantitative estimate of drug-likeness (QED) is 0.175. The first-order chi connectivity index (χ1) is 20.2. The molecule has 0 aliphatic heterocycles. The van der Waals surface area contributed by atoms with Crippen LogP contribution >= 0.6 is 12.6 Å². The molecule has 8 nitrogen and oxygen atoms in total. The van der Waals surface area contributed by atoms with E-state index in [1.165, 1.54) is 4.90 Å². The molecule has 0 saturated carbocycles. The lowest BCUT2D eigenvalue weighted by Crippen LogP contribution is -2.55. The Kier molecular flexibility index (Phi) is 11.5. The molecule has 0 bridgehead atoms. The molecule has 0 aromatic heterocycles. The van der Waals surface area contributed by atoms with E-state index in [4.69, 9.17) is 4.74 Å². The van der Waals surface area contributed by atoms with Crippen molar-refractivity contribution in [2.75, 3.05) is 11.1 Å². The first-order valence-corrected chi connectivity index (χ1v) is 15.4. The maximum atomic E-state index is 14.3. The number of hydrogen-bond donors (Lipinski definition) is 4. The van der Waals surface area contributed by atoms with Crippen LogP contribution in [0.2, 0.25) is 0 Å². The highest BCUT2D eigenvalue weighted by atomic mass is 32.1. The molecule has 0 saturated heterocycles. The molecule has 0 heterocycles. The van der Waals surface area contributed by atoms with Crippen molar-refractivity contribution in [3.8, 4) is 5.75 Å². The average Bonchev–Trinajstić information content (AvgIpc) is 2.93. The molecule has 0 aliphatic rings. The van der Waals surface area contributed by atoms with Crippen LogP contribution in [0, 0.1) is 12.8 Å². The Morgan fingerprint density at radius 2 is 1.63 bits per heavy atom. The smallest absolute Gasteiger partial charge is 0.408 e. The average molecular weight is 608 g/mol. The van der Waals surface area contributed by atoms with Crippen molar-refractivity contribution in [2.24, 2.45) is 5.92 Å². The van der Waals surface area contributed by atoms with Crippen molar-refractivity contribution in [1.82, 2.24) is 10.2 Å². The summed E-state index contributed by atoms with van der Waals surface area (Å²) in [5, 5.41) is 18.8. The summed E-state index contributed by atoms with van der Waals surface area (Å²) < 4.78 is 5.41. The fourth-order valence-electron chi connectivity index (χ4n) is 4.93. The number of carbonyl (C=O) groups is 3. The molecule has 3 aromatic carbocycles. The van der Waals surface area contributed by atoms with Crippen LogP contribution in [0.4, 0.5) is 10.5 Å². The Morgan fingerprint density at radius 3 is 2.26 bits per heavy atom. The van der Waals surface area contributed by atoms with Crippen molar-refractivity contribution in [3.05, 3.63) is 71.8 Å². The Bertz CT molecular complexity index is 1440. The highest BCUT2D eigenvalue weighted by Crippen LogP contribution is 2.35. The van der Waals surface area contributed by atoms with E-state index in [0.29, 0.717) is 29.2 Å². The third kappa shape index (κ3) is 9.13. The standard InChI is InChI=1S/C34H45N3O5S/c1-21(2)15-16-23(4)37(32(40)28(20-43)36-33(41)42-34(5,6)7)29(27-14-10-11-22(3)30(27)38)31(39)35-26-18-17-24-12-8-9-13-25(24)19-26/h8-14,17-19,21,23,28-29,38,43H,15-16,20H2,1-7H3,(H,35,39)(H,36,41). The molecular formula is C34H45N3O5S. The maximum absolute atomic E-state index is 14.3. The lowest BCUT2D eigenvalue weighted by Gasteiger charge is -2.39. The molecular weight excluding hydrogens is 562 g/mol. The van der Waals surface area contributed by atoms with E-state index in [2.05, 4.69) is 37.1 Å². The van der Waals surface area contributed by atoms with Crippen LogP contribution in [0.1, 0.15) is 71.6 Å². The highest BCUT2D eigenvalue weighted by Gasteiger charge is 2.40. The molecule has 0 radical (unpaired) electrons. The van der Waals surface area contributed by atoms with Gasteiger partial charge in [0, 0.05) is 23.0 Å². The predicted octanol–water partition coefficient (Wildman–Crippen LogP) is 7.01. The van der Waals surface area contributed by atoms with Crippen LogP contribution in [-0.2, 0) is 14.3 Å². The van der Waals surface area contributed by atoms with E-state index in [0.717, 1.165) is 17.2 Å². The lowest BCUT2D eigenvalue weighted by molar-refractivity contribution is -0.143. The van der Waals surface area contributed by atoms with Crippen LogP contribution in [0.25, 0.3) is 10.8 Å². The number of nitrogens with zero attached hydrogens (tertiary/aromatic N) is 1. The molecule has 3 unspecified atom stereocenters. The first-order valence-electron chi connectivity index (χ1n) is 14.7. The molecule has 43 heavy (non-hydrogen) atoms. The maximum Gasteiger partial charge on any atom is 0.408 e. The monoisotopic (exact) mass is 607 g/mol. The Morgan fingerprint density at radius 1 is 0.953 bits per heavy atom. The van der Waals surface area contributed by atoms with Gasteiger partial charge in [-0.3, -0.25) is 9.59 Å². The van der Waals surface area contributed by atoms with Crippen LogP contribution in [0.3, 0.4) is 0 Å². The van der Waals surface area contributed by atoms with Crippen molar-refractivity contribution in [1.29, 1.82) is 0 Å². The predicted molar refractivity (Wildman–Crippen MR) is 176 cm³/mol. The third-order valence-corrected chi connectivity index (χ3v) is 7.54. The van der Waals surface area contributed by atoms with E-state index in [9.17, 15) is 19.5 Å². The largest absolute Gasteiger partial charge is 0.507 e. The van der Waals surface area contributed by atoms with E-state index in [1.807, 2.05) is 49.4 Å². The third-order valence-electron chi connectivity index (χ3n) is 7.17. The number of thiol groups is 1. The van der Waals surface area contributed by atoms with Gasteiger partial charge >= 0.3 is 6.09 Å². The highest BCUT2D eigenvalue weighted by molar-refractivity contribution is 7.80. The number of alkyl carbamates (subject to hydrolysis) is 1. The zero-order valence-electron chi connectivity index (χ0n) is 26.2. The molecule has 232 valence electrons. The van der Waals surface area contributed by atoms with Crippen LogP contribution in [-0.4, -0.2) is 51.4 Å². The molecule has 3 aromatic rings. The summed E-state index contributed by atoms with van der Waals surface area (Å²) in [5.41, 5.74) is 0.647. The summed E-state index contributed by atoms with van der Waals surface area (Å²) in [6.07, 6.45) is 0.640. The van der Waals surface area contributed by atoms with Gasteiger partial charge in [-0.25, -0.2) is 4.79 Å². The molecule has 0 fully saturated rings. The normalized spacial score (nSPS) is 13.7. The summed E-state index contributed by atoms with van der Waals surface area (Å²) in [6, 6.07) is 15.8. The van der Waals surface area contributed by atoms with Gasteiger partial charge in [-0.05, 0) is 81.8 Å². The number of phenolic OH excluding ortho intramolecular Hbond substituents is 1. The first kappa shape index (κ1) is 33.8. The molecule has 3 amide bonds. The topological polar surface area (TPSA) is 108 Å². The van der Waals surface area contributed by atoms with Gasteiger partial charge in [0.05, 0.1) is 0 Å². The number of amides is 3. The second-order valence-corrected chi connectivity index (χ2v) is 12.8. The second kappa shape index (κ2) is 14.6. The number of para-hydroxylation sites is 1. The van der Waals surface area contributed by atoms with Gasteiger partial charge in [0.25, 0.3) is 5.91 Å². The van der Waals surface area contributed by atoms with Crippen LogP contribution in [0.15, 0.2) is 60.7 Å². The van der Waals surface area contributed by atoms with E-state index < -0.39 is 41.6 Å². The minimum absolute atomic E-state index is 0.0235. The number of carbonyl (C=O) groups excluding carboxylic acids is 3. The Labute approximate surface area is 260 Å². The summed E-state index contributed by atoms with van der Waals surface area (Å²) in [5.74, 6) is -0.729. The van der Waals surface area contributed by atoms with Crippen molar-refractivity contribution < 1.29 is 24.2 Å². The molecule has 3 N–H and O–H groups in total. The van der Waals surface area contributed by atoms with Gasteiger partial charge in [0.15, 0.2) is 0 Å². The number of rotatable bonds is 11. The molecule has 0 spiro atoms.